The second kappa shape index (κ2) is 5.54. The van der Waals surface area contributed by atoms with Crippen LogP contribution in [0.15, 0.2) is 18.2 Å². The second-order valence-corrected chi connectivity index (χ2v) is 7.18. The predicted molar refractivity (Wildman–Crippen MR) is 78.2 cm³/mol. The van der Waals surface area contributed by atoms with Crippen LogP contribution in [0, 0.1) is 13.8 Å². The summed E-state index contributed by atoms with van der Waals surface area (Å²) in [6.45, 7) is 5.55. The first-order valence-electron chi connectivity index (χ1n) is 6.61. The predicted octanol–water partition coefficient (Wildman–Crippen LogP) is 1.02. The van der Waals surface area contributed by atoms with Crippen LogP contribution in [-0.4, -0.2) is 56.0 Å². The smallest absolute Gasteiger partial charge is 0.254 e. The summed E-state index contributed by atoms with van der Waals surface area (Å²) in [5.41, 5.74) is 2.78. The van der Waals surface area contributed by atoms with E-state index in [2.05, 4.69) is 0 Å². The van der Waals surface area contributed by atoms with Crippen molar-refractivity contribution >= 4 is 15.9 Å². The van der Waals surface area contributed by atoms with Crippen molar-refractivity contribution in [3.8, 4) is 0 Å². The molecule has 6 heteroatoms. The van der Waals surface area contributed by atoms with Gasteiger partial charge in [0.25, 0.3) is 5.91 Å². The molecular weight excluding hydrogens is 276 g/mol. The summed E-state index contributed by atoms with van der Waals surface area (Å²) in [5.74, 6) is -0.0145. The van der Waals surface area contributed by atoms with Crippen LogP contribution in [0.1, 0.15) is 21.5 Å². The molecule has 0 spiro atoms. The highest BCUT2D eigenvalue weighted by molar-refractivity contribution is 7.88. The van der Waals surface area contributed by atoms with Gasteiger partial charge in [0.2, 0.25) is 10.0 Å². The summed E-state index contributed by atoms with van der Waals surface area (Å²) in [4.78, 5) is 14.2. The molecule has 0 saturated carbocycles. The first kappa shape index (κ1) is 15.0. The van der Waals surface area contributed by atoms with E-state index in [1.54, 1.807) is 4.90 Å². The molecule has 1 aliphatic heterocycles. The third kappa shape index (κ3) is 3.02. The molecule has 1 fully saturated rings. The molecular formula is C14H20N2O3S. The standard InChI is InChI=1S/C14H20N2O3S/c1-11-5-4-6-13(12(11)2)14(17)15-7-9-16(10-8-15)20(3,18)19/h4-6H,7-10H2,1-3H3. The highest BCUT2D eigenvalue weighted by Crippen LogP contribution is 2.16. The number of carbonyl (C=O) groups is 1. The van der Waals surface area contributed by atoms with Crippen molar-refractivity contribution in [2.24, 2.45) is 0 Å². The van der Waals surface area contributed by atoms with Crippen LogP contribution >= 0.6 is 0 Å². The minimum Gasteiger partial charge on any atom is -0.336 e. The van der Waals surface area contributed by atoms with Crippen LogP contribution in [0.25, 0.3) is 0 Å². The number of piperazine rings is 1. The number of sulfonamides is 1. The Bertz CT molecular complexity index is 617. The Hall–Kier alpha value is -1.40. The molecule has 0 aliphatic carbocycles. The van der Waals surface area contributed by atoms with Crippen LogP contribution in [0.5, 0.6) is 0 Å². The van der Waals surface area contributed by atoms with E-state index in [9.17, 15) is 13.2 Å². The van der Waals surface area contributed by atoms with Gasteiger partial charge >= 0.3 is 0 Å². The molecule has 0 atom stereocenters. The first-order valence-corrected chi connectivity index (χ1v) is 8.46. The van der Waals surface area contributed by atoms with E-state index >= 15 is 0 Å². The molecule has 20 heavy (non-hydrogen) atoms. The van der Waals surface area contributed by atoms with Gasteiger partial charge in [-0.15, -0.1) is 0 Å². The van der Waals surface area contributed by atoms with Gasteiger partial charge in [0.05, 0.1) is 6.26 Å². The number of rotatable bonds is 2. The third-order valence-electron chi connectivity index (χ3n) is 3.83. The Morgan fingerprint density at radius 3 is 2.25 bits per heavy atom. The average molecular weight is 296 g/mol. The van der Waals surface area contributed by atoms with Crippen molar-refractivity contribution < 1.29 is 13.2 Å². The van der Waals surface area contributed by atoms with E-state index in [-0.39, 0.29) is 5.91 Å². The number of benzene rings is 1. The van der Waals surface area contributed by atoms with Crippen molar-refractivity contribution in [1.82, 2.24) is 9.21 Å². The molecule has 0 bridgehead atoms. The Balaban J connectivity index is 2.11. The second-order valence-electron chi connectivity index (χ2n) is 5.20. The largest absolute Gasteiger partial charge is 0.336 e. The SMILES string of the molecule is Cc1cccc(C(=O)N2CCN(S(C)(=O)=O)CC2)c1C. The van der Waals surface area contributed by atoms with Crippen molar-refractivity contribution in [2.45, 2.75) is 13.8 Å². The maximum Gasteiger partial charge on any atom is 0.254 e. The lowest BCUT2D eigenvalue weighted by molar-refractivity contribution is 0.0697. The molecule has 1 amide bonds. The molecule has 0 unspecified atom stereocenters. The normalized spacial score (nSPS) is 17.2. The van der Waals surface area contributed by atoms with Crippen LogP contribution in [0.2, 0.25) is 0 Å². The lowest BCUT2D eigenvalue weighted by Crippen LogP contribution is -2.50. The van der Waals surface area contributed by atoms with E-state index in [1.165, 1.54) is 10.6 Å². The van der Waals surface area contributed by atoms with Crippen LogP contribution in [-0.2, 0) is 10.0 Å². The topological polar surface area (TPSA) is 57.7 Å². The lowest BCUT2D eigenvalue weighted by Gasteiger charge is -2.33. The maximum absolute atomic E-state index is 12.5. The quantitative estimate of drug-likeness (QED) is 0.819. The zero-order valence-electron chi connectivity index (χ0n) is 12.1. The summed E-state index contributed by atoms with van der Waals surface area (Å²) in [5, 5.41) is 0. The fourth-order valence-electron chi connectivity index (χ4n) is 2.38. The molecule has 0 aromatic heterocycles. The van der Waals surface area contributed by atoms with Gasteiger partial charge in [-0.25, -0.2) is 8.42 Å². The zero-order valence-corrected chi connectivity index (χ0v) is 12.9. The van der Waals surface area contributed by atoms with Gasteiger partial charge in [-0.3, -0.25) is 4.79 Å². The molecule has 2 rings (SSSR count). The van der Waals surface area contributed by atoms with Gasteiger partial charge in [-0.1, -0.05) is 12.1 Å². The summed E-state index contributed by atoms with van der Waals surface area (Å²) < 4.78 is 24.3. The van der Waals surface area contributed by atoms with Gasteiger partial charge in [0.15, 0.2) is 0 Å². The van der Waals surface area contributed by atoms with E-state index in [1.807, 2.05) is 32.0 Å². The molecule has 1 saturated heterocycles. The van der Waals surface area contributed by atoms with Crippen LogP contribution in [0.4, 0.5) is 0 Å². The van der Waals surface area contributed by atoms with Crippen molar-refractivity contribution in [2.75, 3.05) is 32.4 Å². The van der Waals surface area contributed by atoms with Crippen LogP contribution in [0.3, 0.4) is 0 Å². The number of amides is 1. The Labute approximate surface area is 120 Å². The van der Waals surface area contributed by atoms with E-state index in [0.717, 1.165) is 11.1 Å². The zero-order chi connectivity index (χ0) is 14.9. The third-order valence-corrected chi connectivity index (χ3v) is 5.13. The van der Waals surface area contributed by atoms with Gasteiger partial charge < -0.3 is 4.90 Å². The van der Waals surface area contributed by atoms with Crippen molar-refractivity contribution in [3.63, 3.8) is 0 Å². The maximum atomic E-state index is 12.5. The summed E-state index contributed by atoms with van der Waals surface area (Å²) in [6, 6.07) is 5.68. The lowest BCUT2D eigenvalue weighted by atomic mass is 10.0. The number of aryl methyl sites for hydroxylation is 1. The molecule has 1 heterocycles. The number of nitrogens with zero attached hydrogens (tertiary/aromatic N) is 2. The minimum absolute atomic E-state index is 0.0145. The summed E-state index contributed by atoms with van der Waals surface area (Å²) >= 11 is 0. The molecule has 110 valence electrons. The fourth-order valence-corrected chi connectivity index (χ4v) is 3.20. The fraction of sp³-hybridized carbons (Fsp3) is 0.500. The van der Waals surface area contributed by atoms with E-state index in [4.69, 9.17) is 0 Å². The Kier molecular flexibility index (Phi) is 4.15. The van der Waals surface area contributed by atoms with Crippen LogP contribution < -0.4 is 0 Å². The molecule has 0 N–H and O–H groups in total. The highest BCUT2D eigenvalue weighted by atomic mass is 32.2. The van der Waals surface area contributed by atoms with Gasteiger partial charge in [-0.2, -0.15) is 4.31 Å². The summed E-state index contributed by atoms with van der Waals surface area (Å²) in [7, 11) is -3.16. The Morgan fingerprint density at radius 2 is 1.70 bits per heavy atom. The molecule has 1 aromatic carbocycles. The summed E-state index contributed by atoms with van der Waals surface area (Å²) in [6.07, 6.45) is 1.20. The monoisotopic (exact) mass is 296 g/mol. The molecule has 1 aliphatic rings. The van der Waals surface area contributed by atoms with Gasteiger partial charge in [-0.05, 0) is 31.0 Å². The number of hydrogen-bond acceptors (Lipinski definition) is 3. The van der Waals surface area contributed by atoms with E-state index in [0.29, 0.717) is 31.7 Å². The van der Waals surface area contributed by atoms with Gasteiger partial charge in [0, 0.05) is 31.7 Å². The van der Waals surface area contributed by atoms with Crippen molar-refractivity contribution in [3.05, 3.63) is 34.9 Å². The molecule has 1 aromatic rings. The number of hydrogen-bond donors (Lipinski definition) is 0. The number of carbonyl (C=O) groups excluding carboxylic acids is 1. The highest BCUT2D eigenvalue weighted by Gasteiger charge is 2.27. The van der Waals surface area contributed by atoms with Crippen molar-refractivity contribution in [1.29, 1.82) is 0 Å². The first-order chi connectivity index (χ1) is 9.30. The Morgan fingerprint density at radius 1 is 1.10 bits per heavy atom. The average Bonchev–Trinajstić information content (AvgIpc) is 2.40. The molecule has 0 radical (unpaired) electrons. The van der Waals surface area contributed by atoms with Gasteiger partial charge in [0.1, 0.15) is 0 Å². The minimum atomic E-state index is -3.16. The van der Waals surface area contributed by atoms with E-state index < -0.39 is 10.0 Å². The molecule has 5 nitrogen and oxygen atoms in total.